The van der Waals surface area contributed by atoms with Gasteiger partial charge in [-0.05, 0) is 11.6 Å². The second-order valence-corrected chi connectivity index (χ2v) is 4.08. The number of anilines is 1. The van der Waals surface area contributed by atoms with Crippen molar-refractivity contribution in [1.82, 2.24) is 4.98 Å². The van der Waals surface area contributed by atoms with Crippen LogP contribution < -0.4 is 5.73 Å². The molecule has 1 aromatic carbocycles. The van der Waals surface area contributed by atoms with Crippen LogP contribution in [0.1, 0.15) is 5.56 Å². The summed E-state index contributed by atoms with van der Waals surface area (Å²) < 4.78 is 66.9. The lowest BCUT2D eigenvalue weighted by molar-refractivity contribution is 0.381. The van der Waals surface area contributed by atoms with Crippen LogP contribution in [-0.2, 0) is 5.88 Å². The third-order valence-corrected chi connectivity index (χ3v) is 2.96. The van der Waals surface area contributed by atoms with Gasteiger partial charge in [0.1, 0.15) is 5.82 Å². The van der Waals surface area contributed by atoms with Crippen molar-refractivity contribution in [2.75, 3.05) is 5.73 Å². The predicted molar refractivity (Wildman–Crippen MR) is 63.4 cm³/mol. The normalized spacial score (nSPS) is 10.9. The standard InChI is InChI=1S/C12H6ClF5N2/c13-3-4-1-2-20-12(19)5(4)6-7(14)9(16)11(18)10(17)8(6)15/h1-2H,3H2,(H2,19,20). The number of alkyl halides is 1. The van der Waals surface area contributed by atoms with Crippen LogP contribution in [0.3, 0.4) is 0 Å². The van der Waals surface area contributed by atoms with Crippen molar-refractivity contribution in [1.29, 1.82) is 0 Å². The van der Waals surface area contributed by atoms with Crippen molar-refractivity contribution in [3.8, 4) is 11.1 Å². The van der Waals surface area contributed by atoms with Crippen LogP contribution in [0.4, 0.5) is 27.8 Å². The number of rotatable bonds is 2. The highest BCUT2D eigenvalue weighted by Crippen LogP contribution is 2.36. The molecule has 8 heteroatoms. The van der Waals surface area contributed by atoms with Crippen molar-refractivity contribution in [3.05, 3.63) is 46.9 Å². The van der Waals surface area contributed by atoms with Gasteiger partial charge in [-0.1, -0.05) is 0 Å². The minimum Gasteiger partial charge on any atom is -0.383 e. The molecule has 1 aromatic heterocycles. The molecule has 2 N–H and O–H groups in total. The first-order valence-electron chi connectivity index (χ1n) is 5.21. The number of pyridine rings is 1. The SMILES string of the molecule is Nc1nccc(CCl)c1-c1c(F)c(F)c(F)c(F)c1F. The molecule has 0 spiro atoms. The monoisotopic (exact) mass is 308 g/mol. The maximum Gasteiger partial charge on any atom is 0.200 e. The van der Waals surface area contributed by atoms with E-state index in [9.17, 15) is 22.0 Å². The number of benzene rings is 1. The van der Waals surface area contributed by atoms with Crippen molar-refractivity contribution in [2.24, 2.45) is 0 Å². The van der Waals surface area contributed by atoms with Crippen molar-refractivity contribution < 1.29 is 22.0 Å². The molecule has 2 rings (SSSR count). The van der Waals surface area contributed by atoms with Crippen LogP contribution in [-0.4, -0.2) is 4.98 Å². The highest BCUT2D eigenvalue weighted by atomic mass is 35.5. The van der Waals surface area contributed by atoms with Crippen LogP contribution >= 0.6 is 11.6 Å². The van der Waals surface area contributed by atoms with Gasteiger partial charge in [0.2, 0.25) is 5.82 Å². The van der Waals surface area contributed by atoms with E-state index in [1.807, 2.05) is 0 Å². The maximum absolute atomic E-state index is 13.7. The van der Waals surface area contributed by atoms with Crippen LogP contribution in [0.25, 0.3) is 11.1 Å². The molecule has 0 saturated heterocycles. The van der Waals surface area contributed by atoms with Crippen LogP contribution in [0.2, 0.25) is 0 Å². The van der Waals surface area contributed by atoms with Gasteiger partial charge in [-0.25, -0.2) is 26.9 Å². The Bertz CT molecular complexity index is 661. The van der Waals surface area contributed by atoms with E-state index >= 15 is 0 Å². The number of nitrogens with two attached hydrogens (primary N) is 1. The molecule has 2 nitrogen and oxygen atoms in total. The van der Waals surface area contributed by atoms with Gasteiger partial charge in [0.15, 0.2) is 23.3 Å². The Balaban J connectivity index is 2.91. The van der Waals surface area contributed by atoms with Gasteiger partial charge in [-0.15, -0.1) is 11.6 Å². The fourth-order valence-electron chi connectivity index (χ4n) is 1.74. The molecule has 0 aliphatic carbocycles. The maximum atomic E-state index is 13.7. The number of nitrogen functional groups attached to an aromatic ring is 1. The van der Waals surface area contributed by atoms with Crippen LogP contribution in [0.15, 0.2) is 12.3 Å². The van der Waals surface area contributed by atoms with Gasteiger partial charge >= 0.3 is 0 Å². The third-order valence-electron chi connectivity index (χ3n) is 2.67. The fourth-order valence-corrected chi connectivity index (χ4v) is 1.97. The largest absolute Gasteiger partial charge is 0.383 e. The number of halogens is 6. The fraction of sp³-hybridized carbons (Fsp3) is 0.0833. The summed E-state index contributed by atoms with van der Waals surface area (Å²) >= 11 is 5.58. The molecule has 0 radical (unpaired) electrons. The lowest BCUT2D eigenvalue weighted by Crippen LogP contribution is -2.07. The lowest BCUT2D eigenvalue weighted by Gasteiger charge is -2.13. The van der Waals surface area contributed by atoms with Crippen molar-refractivity contribution >= 4 is 17.4 Å². The van der Waals surface area contributed by atoms with E-state index in [1.54, 1.807) is 0 Å². The molecule has 0 amide bonds. The van der Waals surface area contributed by atoms with Crippen LogP contribution in [0.5, 0.6) is 0 Å². The minimum absolute atomic E-state index is 0.0994. The predicted octanol–water partition coefficient (Wildman–Crippen LogP) is 3.77. The van der Waals surface area contributed by atoms with E-state index in [4.69, 9.17) is 17.3 Å². The lowest BCUT2D eigenvalue weighted by atomic mass is 9.99. The molecule has 0 atom stereocenters. The zero-order chi connectivity index (χ0) is 15.0. The van der Waals surface area contributed by atoms with Crippen molar-refractivity contribution in [2.45, 2.75) is 5.88 Å². The Hall–Kier alpha value is -1.89. The molecule has 0 fully saturated rings. The molecule has 0 unspecified atom stereocenters. The quantitative estimate of drug-likeness (QED) is 0.397. The van der Waals surface area contributed by atoms with Crippen molar-refractivity contribution in [3.63, 3.8) is 0 Å². The van der Waals surface area contributed by atoms with Gasteiger partial charge in [0.05, 0.1) is 5.56 Å². The summed E-state index contributed by atoms with van der Waals surface area (Å²) in [5.74, 6) is -10.9. The highest BCUT2D eigenvalue weighted by molar-refractivity contribution is 6.17. The van der Waals surface area contributed by atoms with Crippen LogP contribution in [0, 0.1) is 29.1 Å². The molecule has 0 saturated carbocycles. The molecular weight excluding hydrogens is 303 g/mol. The first-order valence-corrected chi connectivity index (χ1v) is 5.74. The Labute approximate surface area is 115 Å². The smallest absolute Gasteiger partial charge is 0.200 e. The topological polar surface area (TPSA) is 38.9 Å². The molecule has 106 valence electrons. The van der Waals surface area contributed by atoms with E-state index < -0.39 is 40.2 Å². The van der Waals surface area contributed by atoms with E-state index in [0.29, 0.717) is 0 Å². The summed E-state index contributed by atoms with van der Waals surface area (Å²) in [6.45, 7) is 0. The van der Waals surface area contributed by atoms with E-state index in [-0.39, 0.29) is 17.3 Å². The second kappa shape index (κ2) is 5.24. The molecule has 0 aliphatic rings. The summed E-state index contributed by atoms with van der Waals surface area (Å²) in [6.07, 6.45) is 1.21. The molecular formula is C12H6ClF5N2. The van der Waals surface area contributed by atoms with Gasteiger partial charge < -0.3 is 5.73 Å². The Kier molecular flexibility index (Phi) is 3.80. The first kappa shape index (κ1) is 14.5. The van der Waals surface area contributed by atoms with Gasteiger partial charge in [0.25, 0.3) is 0 Å². The van der Waals surface area contributed by atoms with E-state index in [0.717, 1.165) is 0 Å². The molecule has 20 heavy (non-hydrogen) atoms. The van der Waals surface area contributed by atoms with E-state index in [1.165, 1.54) is 12.3 Å². The zero-order valence-electron chi connectivity index (χ0n) is 9.65. The summed E-state index contributed by atoms with van der Waals surface area (Å²) in [5, 5.41) is 0. The van der Waals surface area contributed by atoms with E-state index in [2.05, 4.69) is 4.98 Å². The summed E-state index contributed by atoms with van der Waals surface area (Å²) in [6, 6.07) is 1.27. The third kappa shape index (κ3) is 2.07. The Morgan fingerprint density at radius 2 is 1.40 bits per heavy atom. The highest BCUT2D eigenvalue weighted by Gasteiger charge is 2.29. The number of hydrogen-bond acceptors (Lipinski definition) is 2. The number of nitrogens with zero attached hydrogens (tertiary/aromatic N) is 1. The molecule has 0 aliphatic heterocycles. The summed E-state index contributed by atoms with van der Waals surface area (Å²) in [5.41, 5.74) is 4.02. The summed E-state index contributed by atoms with van der Waals surface area (Å²) in [4.78, 5) is 3.58. The molecule has 1 heterocycles. The number of hydrogen-bond donors (Lipinski definition) is 1. The Morgan fingerprint density at radius 3 is 1.90 bits per heavy atom. The minimum atomic E-state index is -2.24. The van der Waals surface area contributed by atoms with Gasteiger partial charge in [0, 0.05) is 17.6 Å². The van der Waals surface area contributed by atoms with Gasteiger partial charge in [-0.3, -0.25) is 0 Å². The average Bonchev–Trinajstić information content (AvgIpc) is 2.44. The molecule has 0 bridgehead atoms. The average molecular weight is 309 g/mol. The first-order chi connectivity index (χ1) is 9.40. The second-order valence-electron chi connectivity index (χ2n) is 3.81. The Morgan fingerprint density at radius 1 is 0.900 bits per heavy atom. The van der Waals surface area contributed by atoms with Gasteiger partial charge in [-0.2, -0.15) is 0 Å². The summed E-state index contributed by atoms with van der Waals surface area (Å²) in [7, 11) is 0. The number of aromatic nitrogens is 1. The molecule has 2 aromatic rings. The zero-order valence-corrected chi connectivity index (χ0v) is 10.4.